The number of halogens is 1. The Morgan fingerprint density at radius 3 is 2.38 bits per heavy atom. The van der Waals surface area contributed by atoms with Crippen molar-refractivity contribution < 1.29 is 4.39 Å². The number of aryl methyl sites for hydroxylation is 1. The third-order valence-corrected chi connectivity index (χ3v) is 2.35. The standard InChI is InChI=1S/C10H20FN5/c1-14(2)6-5-7-16-10(12)8(15(3)4)9(11)13-16/h5-7,12H2,1-4H3. The van der Waals surface area contributed by atoms with E-state index in [2.05, 4.69) is 10.00 Å². The zero-order valence-electron chi connectivity index (χ0n) is 10.4. The normalized spacial score (nSPS) is 11.1. The van der Waals surface area contributed by atoms with E-state index >= 15 is 0 Å². The van der Waals surface area contributed by atoms with Crippen molar-refractivity contribution in [2.24, 2.45) is 0 Å². The van der Waals surface area contributed by atoms with Crippen LogP contribution in [-0.4, -0.2) is 49.4 Å². The highest BCUT2D eigenvalue weighted by Gasteiger charge is 2.16. The lowest BCUT2D eigenvalue weighted by atomic mass is 10.4. The van der Waals surface area contributed by atoms with Gasteiger partial charge in [-0.3, -0.25) is 0 Å². The molecule has 0 amide bonds. The first-order chi connectivity index (χ1) is 7.43. The van der Waals surface area contributed by atoms with Crippen molar-refractivity contribution in [2.75, 3.05) is 45.4 Å². The van der Waals surface area contributed by atoms with E-state index in [0.717, 1.165) is 13.0 Å². The minimum absolute atomic E-state index is 0.366. The zero-order chi connectivity index (χ0) is 12.3. The Balaban J connectivity index is 2.71. The Labute approximate surface area is 95.6 Å². The second kappa shape index (κ2) is 5.16. The Morgan fingerprint density at radius 2 is 1.94 bits per heavy atom. The molecule has 1 heterocycles. The van der Waals surface area contributed by atoms with E-state index in [1.807, 2.05) is 14.1 Å². The molecule has 0 atom stereocenters. The fraction of sp³-hybridized carbons (Fsp3) is 0.700. The van der Waals surface area contributed by atoms with E-state index in [0.29, 0.717) is 18.1 Å². The van der Waals surface area contributed by atoms with E-state index in [4.69, 9.17) is 5.73 Å². The zero-order valence-corrected chi connectivity index (χ0v) is 10.4. The van der Waals surface area contributed by atoms with Gasteiger partial charge in [0.25, 0.3) is 5.95 Å². The smallest absolute Gasteiger partial charge is 0.258 e. The molecule has 1 aromatic heterocycles. The summed E-state index contributed by atoms with van der Waals surface area (Å²) in [5.74, 6) is -0.117. The topological polar surface area (TPSA) is 50.3 Å². The van der Waals surface area contributed by atoms with Crippen LogP contribution < -0.4 is 10.6 Å². The molecule has 0 fully saturated rings. The van der Waals surface area contributed by atoms with E-state index in [1.165, 1.54) is 4.68 Å². The highest BCUT2D eigenvalue weighted by Crippen LogP contribution is 2.24. The van der Waals surface area contributed by atoms with Crippen LogP contribution in [0.5, 0.6) is 0 Å². The largest absolute Gasteiger partial charge is 0.382 e. The number of anilines is 2. The Kier molecular flexibility index (Phi) is 4.12. The van der Waals surface area contributed by atoms with Crippen molar-refractivity contribution in [2.45, 2.75) is 13.0 Å². The van der Waals surface area contributed by atoms with Gasteiger partial charge in [0.05, 0.1) is 0 Å². The number of nitrogen functional groups attached to an aromatic ring is 1. The molecule has 5 nitrogen and oxygen atoms in total. The number of nitrogens with zero attached hydrogens (tertiary/aromatic N) is 4. The highest BCUT2D eigenvalue weighted by molar-refractivity contribution is 5.62. The van der Waals surface area contributed by atoms with Crippen molar-refractivity contribution in [1.29, 1.82) is 0 Å². The first-order valence-corrected chi connectivity index (χ1v) is 5.27. The molecule has 92 valence electrons. The van der Waals surface area contributed by atoms with Crippen LogP contribution in [-0.2, 0) is 6.54 Å². The predicted octanol–water partition coefficient (Wildman–Crippen LogP) is 0.622. The van der Waals surface area contributed by atoms with Crippen molar-refractivity contribution in [1.82, 2.24) is 14.7 Å². The third-order valence-electron chi connectivity index (χ3n) is 2.35. The Morgan fingerprint density at radius 1 is 1.31 bits per heavy atom. The lowest BCUT2D eigenvalue weighted by molar-refractivity contribution is 0.378. The number of rotatable bonds is 5. The van der Waals surface area contributed by atoms with Gasteiger partial charge >= 0.3 is 0 Å². The van der Waals surface area contributed by atoms with Crippen molar-refractivity contribution in [3.05, 3.63) is 5.95 Å². The molecule has 6 heteroatoms. The van der Waals surface area contributed by atoms with Gasteiger partial charge in [0, 0.05) is 20.6 Å². The minimum atomic E-state index is -0.507. The maximum atomic E-state index is 13.4. The van der Waals surface area contributed by atoms with Gasteiger partial charge in [-0.2, -0.15) is 4.39 Å². The molecule has 0 aliphatic carbocycles. The van der Waals surface area contributed by atoms with Crippen LogP contribution in [0.1, 0.15) is 6.42 Å². The minimum Gasteiger partial charge on any atom is -0.382 e. The van der Waals surface area contributed by atoms with Gasteiger partial charge in [0.2, 0.25) is 0 Å². The molecule has 0 bridgehead atoms. The Hall–Kier alpha value is -1.30. The molecule has 0 radical (unpaired) electrons. The molecule has 0 aliphatic rings. The predicted molar refractivity (Wildman–Crippen MR) is 64.1 cm³/mol. The maximum absolute atomic E-state index is 13.4. The SMILES string of the molecule is CN(C)CCCn1nc(F)c(N(C)C)c1N. The number of nitrogens with two attached hydrogens (primary N) is 1. The van der Waals surface area contributed by atoms with Crippen molar-refractivity contribution in [3.63, 3.8) is 0 Å². The summed E-state index contributed by atoms with van der Waals surface area (Å²) < 4.78 is 15.0. The van der Waals surface area contributed by atoms with Crippen LogP contribution in [0, 0.1) is 5.95 Å². The van der Waals surface area contributed by atoms with Crippen LogP contribution in [0.3, 0.4) is 0 Å². The second-order valence-electron chi connectivity index (χ2n) is 4.30. The molecular weight excluding hydrogens is 209 g/mol. The third kappa shape index (κ3) is 2.85. The summed E-state index contributed by atoms with van der Waals surface area (Å²) in [5.41, 5.74) is 6.19. The van der Waals surface area contributed by atoms with Crippen LogP contribution in [0.4, 0.5) is 15.9 Å². The van der Waals surface area contributed by atoms with Gasteiger partial charge < -0.3 is 15.5 Å². The van der Waals surface area contributed by atoms with E-state index in [9.17, 15) is 4.39 Å². The summed E-state index contributed by atoms with van der Waals surface area (Å²) in [7, 11) is 7.50. The number of hydrogen-bond acceptors (Lipinski definition) is 4. The van der Waals surface area contributed by atoms with Crippen molar-refractivity contribution in [3.8, 4) is 0 Å². The van der Waals surface area contributed by atoms with Gasteiger partial charge in [-0.15, -0.1) is 5.10 Å². The fourth-order valence-electron chi connectivity index (χ4n) is 1.56. The summed E-state index contributed by atoms with van der Waals surface area (Å²) >= 11 is 0. The summed E-state index contributed by atoms with van der Waals surface area (Å²) in [5, 5.41) is 3.79. The summed E-state index contributed by atoms with van der Waals surface area (Å²) in [6.45, 7) is 1.56. The Bertz CT molecular complexity index is 345. The van der Waals surface area contributed by atoms with Gasteiger partial charge in [-0.1, -0.05) is 0 Å². The molecule has 2 N–H and O–H groups in total. The van der Waals surface area contributed by atoms with E-state index in [-0.39, 0.29) is 0 Å². The van der Waals surface area contributed by atoms with Crippen molar-refractivity contribution >= 4 is 11.5 Å². The molecule has 0 aromatic carbocycles. The molecule has 0 aliphatic heterocycles. The molecule has 0 spiro atoms. The van der Waals surface area contributed by atoms with E-state index < -0.39 is 5.95 Å². The maximum Gasteiger partial charge on any atom is 0.258 e. The van der Waals surface area contributed by atoms with Gasteiger partial charge in [0.1, 0.15) is 11.5 Å². The molecular formula is C10H20FN5. The van der Waals surface area contributed by atoms with Crippen LogP contribution >= 0.6 is 0 Å². The number of hydrogen-bond donors (Lipinski definition) is 1. The van der Waals surface area contributed by atoms with Gasteiger partial charge in [0.15, 0.2) is 0 Å². The van der Waals surface area contributed by atoms with E-state index in [1.54, 1.807) is 19.0 Å². The summed E-state index contributed by atoms with van der Waals surface area (Å²) in [4.78, 5) is 3.71. The highest BCUT2D eigenvalue weighted by atomic mass is 19.1. The second-order valence-corrected chi connectivity index (χ2v) is 4.30. The monoisotopic (exact) mass is 229 g/mol. The quantitative estimate of drug-likeness (QED) is 0.804. The first-order valence-electron chi connectivity index (χ1n) is 5.27. The fourth-order valence-corrected chi connectivity index (χ4v) is 1.56. The lowest BCUT2D eigenvalue weighted by Crippen LogP contribution is -2.16. The molecule has 0 saturated heterocycles. The average molecular weight is 229 g/mol. The van der Waals surface area contributed by atoms with Crippen LogP contribution in [0.2, 0.25) is 0 Å². The molecule has 0 saturated carbocycles. The van der Waals surface area contributed by atoms with Crippen LogP contribution in [0.25, 0.3) is 0 Å². The average Bonchev–Trinajstić information content (AvgIpc) is 2.41. The molecule has 1 aromatic rings. The number of aromatic nitrogens is 2. The first kappa shape index (κ1) is 12.8. The van der Waals surface area contributed by atoms with Gasteiger partial charge in [-0.25, -0.2) is 4.68 Å². The summed E-state index contributed by atoms with van der Waals surface area (Å²) in [6, 6.07) is 0. The van der Waals surface area contributed by atoms with Crippen LogP contribution in [0.15, 0.2) is 0 Å². The molecule has 1 rings (SSSR count). The van der Waals surface area contributed by atoms with Gasteiger partial charge in [-0.05, 0) is 27.1 Å². The lowest BCUT2D eigenvalue weighted by Gasteiger charge is -2.12. The summed E-state index contributed by atoms with van der Waals surface area (Å²) in [6.07, 6.45) is 0.894. The molecule has 16 heavy (non-hydrogen) atoms. The molecule has 0 unspecified atom stereocenters.